The van der Waals surface area contributed by atoms with Gasteiger partial charge in [-0.25, -0.2) is 30.4 Å². The smallest absolute Gasteiger partial charge is 0.268 e. The topological polar surface area (TPSA) is 254 Å². The summed E-state index contributed by atoms with van der Waals surface area (Å²) in [7, 11) is -3.01. The van der Waals surface area contributed by atoms with Crippen LogP contribution in [0.2, 0.25) is 5.02 Å². The van der Waals surface area contributed by atoms with Crippen molar-refractivity contribution in [3.8, 4) is 0 Å². The molecule has 0 bridgehead atoms. The van der Waals surface area contributed by atoms with E-state index in [1.165, 1.54) is 48.5 Å². The summed E-state index contributed by atoms with van der Waals surface area (Å²) in [6, 6.07) is 20.7. The number of carbonyl (C=O) groups excluding carboxylic acids is 6. The molecule has 596 valence electrons. The highest BCUT2D eigenvalue weighted by Crippen LogP contribution is 2.40. The Balaban J connectivity index is 0.000000108. The third-order valence-electron chi connectivity index (χ3n) is 23.0. The number of rotatable bonds is 3. The number of amides is 6. The molecule has 0 saturated carbocycles. The van der Waals surface area contributed by atoms with Crippen molar-refractivity contribution in [1.82, 2.24) is 59.3 Å². The Morgan fingerprint density at radius 3 is 1.10 bits per heavy atom. The van der Waals surface area contributed by atoms with Gasteiger partial charge < -0.3 is 73.8 Å². The molecular formula is C84H88ClF5N14O9S. The van der Waals surface area contributed by atoms with Crippen LogP contribution in [0.3, 0.4) is 0 Å². The van der Waals surface area contributed by atoms with E-state index in [-0.39, 0.29) is 76.0 Å². The minimum absolute atomic E-state index is 0.0143. The van der Waals surface area contributed by atoms with Crippen LogP contribution in [0.1, 0.15) is 120 Å². The second-order valence-corrected chi connectivity index (χ2v) is 32.6. The molecule has 0 radical (unpaired) electrons. The van der Waals surface area contributed by atoms with Gasteiger partial charge in [0.05, 0.1) is 63.7 Å². The first-order valence-corrected chi connectivity index (χ1v) is 40.5. The maximum Gasteiger partial charge on any atom is 0.268 e. The zero-order valence-corrected chi connectivity index (χ0v) is 66.4. The predicted octanol–water partition coefficient (Wildman–Crippen LogP) is 11.8. The van der Waals surface area contributed by atoms with Crippen molar-refractivity contribution in [3.05, 3.63) is 197 Å². The van der Waals surface area contributed by atoms with Crippen molar-refractivity contribution in [1.29, 1.82) is 0 Å². The fourth-order valence-corrected chi connectivity index (χ4v) is 19.3. The predicted molar refractivity (Wildman–Crippen MR) is 432 cm³/mol. The van der Waals surface area contributed by atoms with Crippen LogP contribution < -0.4 is 41.7 Å². The molecule has 0 unspecified atom stereocenters. The van der Waals surface area contributed by atoms with E-state index in [0.717, 1.165) is 172 Å². The zero-order chi connectivity index (χ0) is 80.8. The molecule has 8 aliphatic rings. The summed E-state index contributed by atoms with van der Waals surface area (Å²) in [5.41, 5.74) is 19.5. The van der Waals surface area contributed by atoms with Gasteiger partial charge in [0.15, 0.2) is 9.84 Å². The number of aromatic nitrogens is 6. The molecule has 0 aliphatic carbocycles. The quantitative estimate of drug-likeness (QED) is 0.0907. The summed E-state index contributed by atoms with van der Waals surface area (Å²) in [4.78, 5) is 75.9. The summed E-state index contributed by atoms with van der Waals surface area (Å²) < 4.78 is 109. The standard InChI is InChI=1S/C16H18FN3O3S.C16H18FN3O2.C14H15FN2O.C13H13ClN2O.C13H13FN2O.C12H11FN2O/c1-10-12-8-11(17)9-13(19-4-6-24(22,23)7-5-19)15(12)20-3-2-18-16(21)14(10)20;1-10-12-8-11(17)9-13(19-4-6-22-7-5-19)15(12)20-3-2-18-16(21)14(10)20;1-3-9-6-10(15)7-11-8(2)12-14(18)16-4-5-17(12)13(9)11;2*1-7-5-9(14)6-10-8(2)12-13(17)15-3-4-16(12)11(7)10;1-7-9-6-8(13)2-3-10(9)15-5-4-14-12(16)11(7)15/h8-9H,2-7H2,1H3,(H,18,21);8-9H,2-7H2,1H3,(H,18,21);6-7H,3-5H2,1-2H3,(H,16,18);2*5-6H,3-4H2,1-2H3,(H,15,17);2-3,6H,4-5H2,1H3,(H,14,16). The number of morpholine rings is 1. The molecule has 0 atom stereocenters. The van der Waals surface area contributed by atoms with Crippen LogP contribution in [0.15, 0.2) is 78.9 Å². The van der Waals surface area contributed by atoms with E-state index >= 15 is 0 Å². The van der Waals surface area contributed by atoms with Crippen LogP contribution in [0.4, 0.5) is 33.3 Å². The van der Waals surface area contributed by atoms with Crippen molar-refractivity contribution in [2.45, 2.75) is 108 Å². The Kier molecular flexibility index (Phi) is 21.2. The van der Waals surface area contributed by atoms with Crippen LogP contribution in [0.5, 0.6) is 0 Å². The van der Waals surface area contributed by atoms with Gasteiger partial charge in [-0.3, -0.25) is 28.8 Å². The first-order chi connectivity index (χ1) is 54.5. The van der Waals surface area contributed by atoms with Crippen LogP contribution in [0, 0.1) is 84.5 Å². The van der Waals surface area contributed by atoms with Gasteiger partial charge in [-0.2, -0.15) is 0 Å². The van der Waals surface area contributed by atoms with E-state index in [0.29, 0.717) is 118 Å². The number of anilines is 2. The maximum absolute atomic E-state index is 14.2. The number of benzene rings is 6. The number of carbonyl (C=O) groups is 6. The second kappa shape index (κ2) is 31.0. The van der Waals surface area contributed by atoms with Gasteiger partial charge in [-0.05, 0) is 191 Å². The Morgan fingerprint density at radius 2 is 0.675 bits per heavy atom. The van der Waals surface area contributed by atoms with E-state index < -0.39 is 9.84 Å². The number of ether oxygens (including phenoxy) is 1. The first kappa shape index (κ1) is 78.1. The van der Waals surface area contributed by atoms with Gasteiger partial charge in [0.1, 0.15) is 63.2 Å². The Bertz CT molecular complexity index is 6050. The van der Waals surface area contributed by atoms with E-state index in [9.17, 15) is 59.1 Å². The highest BCUT2D eigenvalue weighted by Gasteiger charge is 2.34. The summed E-state index contributed by atoms with van der Waals surface area (Å²) in [6.45, 7) is 28.8. The van der Waals surface area contributed by atoms with Crippen molar-refractivity contribution in [2.75, 3.05) is 100.0 Å². The molecule has 6 amide bonds. The SMILES string of the molecule is CCc1cc(F)cc2c(C)c3n(c12)CCNC3=O.Cc1c2n(c3c(C)cc(Cl)cc13)CCNC2=O.Cc1c2n(c3c(C)cc(F)cc13)CCNC2=O.Cc1c2n(c3c(N4CCOCC4)cc(F)cc13)CCNC2=O.Cc1c2n(c3c(N4CCS(=O)(=O)CC4)cc(F)cc13)CCNC2=O.Cc1c2n(c3ccc(F)cc13)CCNC2=O. The fourth-order valence-electron chi connectivity index (χ4n) is 17.8. The van der Waals surface area contributed by atoms with Gasteiger partial charge in [-0.15, -0.1) is 0 Å². The molecule has 23 nitrogen and oxygen atoms in total. The molecule has 0 spiro atoms. The largest absolute Gasteiger partial charge is 0.378 e. The van der Waals surface area contributed by atoms with Crippen molar-refractivity contribution in [3.63, 3.8) is 0 Å². The Labute approximate surface area is 658 Å². The van der Waals surface area contributed by atoms with E-state index in [1.807, 2.05) is 102 Å². The number of aryl methyl sites for hydroxylation is 9. The Hall–Kier alpha value is -11.2. The highest BCUT2D eigenvalue weighted by atomic mass is 35.5. The minimum atomic E-state index is -3.01. The first-order valence-electron chi connectivity index (χ1n) is 38.3. The zero-order valence-electron chi connectivity index (χ0n) is 64.8. The minimum Gasteiger partial charge on any atom is -0.378 e. The lowest BCUT2D eigenvalue weighted by molar-refractivity contribution is 0.0920. The van der Waals surface area contributed by atoms with Crippen LogP contribution in [0.25, 0.3) is 65.4 Å². The van der Waals surface area contributed by atoms with Gasteiger partial charge in [-0.1, -0.05) is 18.5 Å². The number of sulfone groups is 1. The molecule has 6 aromatic heterocycles. The van der Waals surface area contributed by atoms with Crippen LogP contribution >= 0.6 is 11.6 Å². The number of halogens is 6. The third kappa shape index (κ3) is 14.0. The van der Waals surface area contributed by atoms with Crippen molar-refractivity contribution >= 4 is 134 Å². The van der Waals surface area contributed by atoms with Crippen LogP contribution in [-0.2, 0) is 60.3 Å². The number of fused-ring (bicyclic) bond motifs is 18. The number of nitrogens with zero attached hydrogens (tertiary/aromatic N) is 8. The average Bonchev–Trinajstić information content (AvgIpc) is 1.69. The van der Waals surface area contributed by atoms with Gasteiger partial charge >= 0.3 is 0 Å². The monoisotopic (exact) mass is 1600 g/mol. The molecule has 12 aromatic rings. The fraction of sp³-hybridized carbons (Fsp3) is 0.357. The van der Waals surface area contributed by atoms with Gasteiger partial charge in [0.2, 0.25) is 0 Å². The number of hydrogen-bond donors (Lipinski definition) is 6. The summed E-state index contributed by atoms with van der Waals surface area (Å²) >= 11 is 6.09. The molecule has 114 heavy (non-hydrogen) atoms. The molecule has 20 rings (SSSR count). The molecular weight excluding hydrogens is 1510 g/mol. The van der Waals surface area contributed by atoms with Crippen molar-refractivity contribution < 1.29 is 63.9 Å². The average molecular weight is 1600 g/mol. The maximum atomic E-state index is 14.2. The molecule has 14 heterocycles. The summed E-state index contributed by atoms with van der Waals surface area (Å²) in [5.74, 6) is -1.65. The molecule has 2 saturated heterocycles. The van der Waals surface area contributed by atoms with Gasteiger partial charge in [0.25, 0.3) is 35.4 Å². The molecule has 8 aliphatic heterocycles. The van der Waals surface area contributed by atoms with E-state index in [4.69, 9.17) is 16.3 Å². The molecule has 6 N–H and O–H groups in total. The van der Waals surface area contributed by atoms with E-state index in [1.54, 1.807) is 18.2 Å². The van der Waals surface area contributed by atoms with Gasteiger partial charge in [0, 0.05) is 148 Å². The van der Waals surface area contributed by atoms with Crippen molar-refractivity contribution in [2.24, 2.45) is 0 Å². The third-order valence-corrected chi connectivity index (χ3v) is 24.8. The molecule has 6 aromatic carbocycles. The second-order valence-electron chi connectivity index (χ2n) is 29.9. The highest BCUT2D eigenvalue weighted by molar-refractivity contribution is 7.91. The lowest BCUT2D eigenvalue weighted by atomic mass is 10.1. The number of hydrogen-bond acceptors (Lipinski definition) is 11. The lowest BCUT2D eigenvalue weighted by Gasteiger charge is -2.30. The normalized spacial score (nSPS) is 16.7. The summed E-state index contributed by atoms with van der Waals surface area (Å²) in [5, 5.41) is 22.9. The molecule has 2 fully saturated rings. The van der Waals surface area contributed by atoms with Crippen LogP contribution in [-0.4, -0.2) is 161 Å². The lowest BCUT2D eigenvalue weighted by Crippen LogP contribution is -2.41. The molecule has 30 heteroatoms. The van der Waals surface area contributed by atoms with E-state index in [2.05, 4.69) is 41.4 Å². The summed E-state index contributed by atoms with van der Waals surface area (Å²) in [6.07, 6.45) is 0.763. The Morgan fingerprint density at radius 1 is 0.360 bits per heavy atom. The number of nitrogens with one attached hydrogen (secondary N) is 6.